The Morgan fingerprint density at radius 3 is 2.45 bits per heavy atom. The number of carboxylic acids is 1. The van der Waals surface area contributed by atoms with Gasteiger partial charge in [-0.3, -0.25) is 9.48 Å². The topological polar surface area (TPSA) is 67.2 Å². The number of aromatic nitrogens is 2. The number of nitrogens with zero attached hydrogens (tertiary/aromatic N) is 2. The molecule has 2 aromatic rings. The zero-order chi connectivity index (χ0) is 14.5. The number of benzene rings is 1. The van der Waals surface area contributed by atoms with E-state index in [-0.39, 0.29) is 6.42 Å². The Hall–Kier alpha value is -2.14. The van der Waals surface area contributed by atoms with Crippen LogP contribution >= 0.6 is 0 Å². The van der Waals surface area contributed by atoms with Crippen LogP contribution in [0.1, 0.15) is 22.4 Å². The Bertz CT molecular complexity index is 588. The molecule has 0 aliphatic carbocycles. The number of hydrogen-bond donors (Lipinski definition) is 2. The molecule has 5 heteroatoms. The second-order valence-corrected chi connectivity index (χ2v) is 4.87. The lowest BCUT2D eigenvalue weighted by molar-refractivity contribution is -0.136. The van der Waals surface area contributed by atoms with Gasteiger partial charge < -0.3 is 10.4 Å². The van der Waals surface area contributed by atoms with Crippen LogP contribution in [0.4, 0.5) is 0 Å². The predicted molar refractivity (Wildman–Crippen MR) is 76.3 cm³/mol. The lowest BCUT2D eigenvalue weighted by atomic mass is 10.1. The summed E-state index contributed by atoms with van der Waals surface area (Å²) in [7, 11) is 1.93. The molecule has 0 saturated carbocycles. The zero-order valence-electron chi connectivity index (χ0n) is 11.8. The molecular weight excluding hydrogens is 254 g/mol. The second-order valence-electron chi connectivity index (χ2n) is 4.87. The van der Waals surface area contributed by atoms with Crippen molar-refractivity contribution in [3.05, 3.63) is 52.8 Å². The minimum atomic E-state index is -0.803. The van der Waals surface area contributed by atoms with Gasteiger partial charge in [0.2, 0.25) is 0 Å². The summed E-state index contributed by atoms with van der Waals surface area (Å²) in [6.45, 7) is 3.57. The lowest BCUT2D eigenvalue weighted by Crippen LogP contribution is -2.13. The van der Waals surface area contributed by atoms with E-state index < -0.39 is 5.97 Å². The van der Waals surface area contributed by atoms with Gasteiger partial charge in [-0.05, 0) is 18.1 Å². The van der Waals surface area contributed by atoms with Gasteiger partial charge in [-0.2, -0.15) is 5.10 Å². The van der Waals surface area contributed by atoms with E-state index in [0.29, 0.717) is 0 Å². The summed E-state index contributed by atoms with van der Waals surface area (Å²) in [5.41, 5.74) is 4.31. The van der Waals surface area contributed by atoms with Crippen molar-refractivity contribution >= 4 is 5.97 Å². The van der Waals surface area contributed by atoms with E-state index in [1.54, 1.807) is 0 Å². The van der Waals surface area contributed by atoms with Gasteiger partial charge in [0, 0.05) is 31.4 Å². The fraction of sp³-hybridized carbons (Fsp3) is 0.333. The fourth-order valence-corrected chi connectivity index (χ4v) is 2.01. The molecule has 1 aromatic heterocycles. The van der Waals surface area contributed by atoms with Gasteiger partial charge in [0.05, 0.1) is 12.6 Å². The van der Waals surface area contributed by atoms with Crippen LogP contribution in [-0.2, 0) is 31.4 Å². The summed E-state index contributed by atoms with van der Waals surface area (Å²) in [5.74, 6) is -0.803. The van der Waals surface area contributed by atoms with Crippen molar-refractivity contribution in [3.63, 3.8) is 0 Å². The van der Waals surface area contributed by atoms with Crippen molar-refractivity contribution in [2.45, 2.75) is 26.4 Å². The molecule has 0 spiro atoms. The highest BCUT2D eigenvalue weighted by Gasteiger charge is 2.03. The van der Waals surface area contributed by atoms with E-state index >= 15 is 0 Å². The highest BCUT2D eigenvalue weighted by atomic mass is 16.4. The van der Waals surface area contributed by atoms with Gasteiger partial charge in [-0.25, -0.2) is 0 Å². The van der Waals surface area contributed by atoms with Crippen molar-refractivity contribution in [3.8, 4) is 0 Å². The highest BCUT2D eigenvalue weighted by Crippen LogP contribution is 2.07. The third kappa shape index (κ3) is 3.68. The number of carbonyl (C=O) groups is 1. The summed E-state index contributed by atoms with van der Waals surface area (Å²) in [5, 5.41) is 16.3. The van der Waals surface area contributed by atoms with Crippen LogP contribution in [0.5, 0.6) is 0 Å². The molecule has 0 unspecified atom stereocenters. The number of carboxylic acid groups (broad SMARTS) is 1. The second kappa shape index (κ2) is 6.34. The molecule has 1 aromatic carbocycles. The number of nitrogens with one attached hydrogen (secondary N) is 1. The first-order valence-corrected chi connectivity index (χ1v) is 6.54. The zero-order valence-corrected chi connectivity index (χ0v) is 11.8. The molecular formula is C15H19N3O2. The van der Waals surface area contributed by atoms with E-state index in [0.717, 1.165) is 29.9 Å². The molecule has 2 N–H and O–H groups in total. The molecule has 5 nitrogen and oxygen atoms in total. The van der Waals surface area contributed by atoms with Gasteiger partial charge in [0.15, 0.2) is 0 Å². The molecule has 20 heavy (non-hydrogen) atoms. The van der Waals surface area contributed by atoms with E-state index in [2.05, 4.69) is 10.4 Å². The smallest absolute Gasteiger partial charge is 0.307 e. The summed E-state index contributed by atoms with van der Waals surface area (Å²) >= 11 is 0. The average Bonchev–Trinajstić information content (AvgIpc) is 2.72. The predicted octanol–water partition coefficient (Wildman–Crippen LogP) is 1.65. The minimum Gasteiger partial charge on any atom is -0.481 e. The van der Waals surface area contributed by atoms with Crippen LogP contribution in [0, 0.1) is 6.92 Å². The van der Waals surface area contributed by atoms with Gasteiger partial charge >= 0.3 is 5.97 Å². The van der Waals surface area contributed by atoms with Gasteiger partial charge in [0.25, 0.3) is 0 Å². The molecule has 106 valence electrons. The number of rotatable bonds is 6. The van der Waals surface area contributed by atoms with Crippen molar-refractivity contribution in [2.75, 3.05) is 0 Å². The summed E-state index contributed by atoms with van der Waals surface area (Å²) in [6, 6.07) is 7.64. The summed E-state index contributed by atoms with van der Waals surface area (Å²) < 4.78 is 1.86. The molecule has 0 radical (unpaired) electrons. The molecule has 0 amide bonds. The Morgan fingerprint density at radius 1 is 1.25 bits per heavy atom. The van der Waals surface area contributed by atoms with Crippen molar-refractivity contribution in [1.29, 1.82) is 0 Å². The molecule has 0 aliphatic heterocycles. The quantitative estimate of drug-likeness (QED) is 0.839. The molecule has 0 aliphatic rings. The monoisotopic (exact) mass is 273 g/mol. The maximum atomic E-state index is 10.6. The molecule has 0 bridgehead atoms. The third-order valence-electron chi connectivity index (χ3n) is 3.36. The summed E-state index contributed by atoms with van der Waals surface area (Å²) in [6.07, 6.45) is 1.95. The van der Waals surface area contributed by atoms with Gasteiger partial charge in [-0.15, -0.1) is 0 Å². The number of aliphatic carboxylic acids is 1. The first-order valence-electron chi connectivity index (χ1n) is 6.54. The lowest BCUT2D eigenvalue weighted by Gasteiger charge is -2.06. The highest BCUT2D eigenvalue weighted by molar-refractivity contribution is 5.70. The fourth-order valence-electron chi connectivity index (χ4n) is 2.01. The van der Waals surface area contributed by atoms with Crippen molar-refractivity contribution < 1.29 is 9.90 Å². The SMILES string of the molecule is Cc1c(CNCc2ccc(CC(=O)O)cc2)cnn1C. The van der Waals surface area contributed by atoms with Gasteiger partial charge in [-0.1, -0.05) is 24.3 Å². The van der Waals surface area contributed by atoms with Crippen molar-refractivity contribution in [1.82, 2.24) is 15.1 Å². The normalized spacial score (nSPS) is 10.7. The Labute approximate surface area is 118 Å². The van der Waals surface area contributed by atoms with Gasteiger partial charge in [0.1, 0.15) is 0 Å². The van der Waals surface area contributed by atoms with E-state index in [9.17, 15) is 4.79 Å². The van der Waals surface area contributed by atoms with E-state index in [4.69, 9.17) is 5.11 Å². The summed E-state index contributed by atoms with van der Waals surface area (Å²) in [4.78, 5) is 10.6. The molecule has 0 atom stereocenters. The largest absolute Gasteiger partial charge is 0.481 e. The number of aryl methyl sites for hydroxylation is 1. The van der Waals surface area contributed by atoms with Crippen LogP contribution in [0.25, 0.3) is 0 Å². The Kier molecular flexibility index (Phi) is 4.53. The molecule has 0 saturated heterocycles. The van der Waals surface area contributed by atoms with Crippen LogP contribution in [0.15, 0.2) is 30.5 Å². The standard InChI is InChI=1S/C15H19N3O2/c1-11-14(10-17-18(11)2)9-16-8-13-5-3-12(4-6-13)7-15(19)20/h3-6,10,16H,7-9H2,1-2H3,(H,19,20). The third-order valence-corrected chi connectivity index (χ3v) is 3.36. The minimum absolute atomic E-state index is 0.0720. The maximum Gasteiger partial charge on any atom is 0.307 e. The maximum absolute atomic E-state index is 10.6. The van der Waals surface area contributed by atoms with E-state index in [1.807, 2.05) is 49.1 Å². The Balaban J connectivity index is 1.85. The van der Waals surface area contributed by atoms with Crippen LogP contribution in [0.3, 0.4) is 0 Å². The number of hydrogen-bond acceptors (Lipinski definition) is 3. The van der Waals surface area contributed by atoms with Crippen LogP contribution in [-0.4, -0.2) is 20.9 Å². The molecule has 1 heterocycles. The van der Waals surface area contributed by atoms with Crippen LogP contribution < -0.4 is 5.32 Å². The average molecular weight is 273 g/mol. The molecule has 0 fully saturated rings. The first kappa shape index (κ1) is 14.3. The molecule has 2 rings (SSSR count). The van der Waals surface area contributed by atoms with Crippen LogP contribution in [0.2, 0.25) is 0 Å². The van der Waals surface area contributed by atoms with E-state index in [1.165, 1.54) is 5.56 Å². The first-order chi connectivity index (χ1) is 9.56. The Morgan fingerprint density at radius 2 is 1.90 bits per heavy atom. The van der Waals surface area contributed by atoms with Crippen molar-refractivity contribution in [2.24, 2.45) is 7.05 Å².